The largest absolute Gasteiger partial charge is 0.497 e. The highest BCUT2D eigenvalue weighted by Crippen LogP contribution is 2.34. The minimum Gasteiger partial charge on any atom is -0.497 e. The van der Waals surface area contributed by atoms with Gasteiger partial charge in [-0.25, -0.2) is 0 Å². The highest BCUT2D eigenvalue weighted by atomic mass is 16.5. The fourth-order valence-corrected chi connectivity index (χ4v) is 3.47. The first-order valence-corrected chi connectivity index (χ1v) is 8.14. The minimum absolute atomic E-state index is 0.124. The lowest BCUT2D eigenvalue weighted by atomic mass is 9.94. The average Bonchev–Trinajstić information content (AvgIpc) is 3.06. The molecule has 0 spiro atoms. The van der Waals surface area contributed by atoms with Crippen LogP contribution in [0.4, 0.5) is 0 Å². The molecule has 1 aliphatic carbocycles. The molecule has 2 aromatic carbocycles. The normalized spacial score (nSPS) is 19.0. The molecule has 23 heavy (non-hydrogen) atoms. The molecule has 4 nitrogen and oxygen atoms in total. The van der Waals surface area contributed by atoms with Gasteiger partial charge in [-0.3, -0.25) is 4.99 Å². The van der Waals surface area contributed by atoms with Crippen LogP contribution in [-0.2, 0) is 12.8 Å². The Balaban J connectivity index is 1.80. The summed E-state index contributed by atoms with van der Waals surface area (Å²) in [5.74, 6) is 1.82. The van der Waals surface area contributed by atoms with E-state index in [0.29, 0.717) is 0 Å². The van der Waals surface area contributed by atoms with E-state index in [0.717, 1.165) is 37.6 Å². The Morgan fingerprint density at radius 2 is 1.91 bits per heavy atom. The summed E-state index contributed by atoms with van der Waals surface area (Å²) in [4.78, 5) is 4.51. The number of methoxy groups -OCH3 is 1. The van der Waals surface area contributed by atoms with Gasteiger partial charge in [0, 0.05) is 6.54 Å². The molecular weight excluding hydrogens is 286 g/mol. The van der Waals surface area contributed by atoms with Gasteiger partial charge in [0.1, 0.15) is 5.75 Å². The first-order chi connectivity index (χ1) is 11.3. The number of benzene rings is 2. The van der Waals surface area contributed by atoms with Crippen molar-refractivity contribution in [3.63, 3.8) is 0 Å². The van der Waals surface area contributed by atoms with Crippen LogP contribution in [0, 0.1) is 0 Å². The lowest BCUT2D eigenvalue weighted by Gasteiger charge is -2.23. The maximum absolute atomic E-state index is 5.41. The van der Waals surface area contributed by atoms with Crippen LogP contribution < -0.4 is 15.4 Å². The Morgan fingerprint density at radius 1 is 1.09 bits per heavy atom. The molecule has 0 saturated heterocycles. The fraction of sp³-hybridized carbons (Fsp3) is 0.316. The average molecular weight is 307 g/mol. The van der Waals surface area contributed by atoms with Crippen molar-refractivity contribution < 1.29 is 4.74 Å². The minimum atomic E-state index is 0.124. The van der Waals surface area contributed by atoms with Crippen LogP contribution in [-0.4, -0.2) is 26.2 Å². The Bertz CT molecular complexity index is 754. The highest BCUT2D eigenvalue weighted by molar-refractivity contribution is 5.82. The molecule has 0 fully saturated rings. The highest BCUT2D eigenvalue weighted by Gasteiger charge is 2.25. The number of guanidine groups is 1. The summed E-state index contributed by atoms with van der Waals surface area (Å²) in [6.07, 6.45) is 2.08. The molecule has 1 unspecified atom stereocenters. The van der Waals surface area contributed by atoms with E-state index in [2.05, 4.69) is 52.0 Å². The van der Waals surface area contributed by atoms with E-state index >= 15 is 0 Å². The number of aryl methyl sites for hydroxylation is 2. The zero-order valence-electron chi connectivity index (χ0n) is 13.3. The quantitative estimate of drug-likeness (QED) is 0.896. The molecule has 2 aliphatic rings. The maximum Gasteiger partial charge on any atom is 0.192 e. The third kappa shape index (κ3) is 2.65. The van der Waals surface area contributed by atoms with Crippen molar-refractivity contribution in [2.75, 3.05) is 20.2 Å². The third-order valence-electron chi connectivity index (χ3n) is 4.65. The summed E-state index contributed by atoms with van der Waals surface area (Å²) in [5.41, 5.74) is 5.40. The van der Waals surface area contributed by atoms with Gasteiger partial charge in [0.2, 0.25) is 0 Å². The van der Waals surface area contributed by atoms with Crippen molar-refractivity contribution in [1.82, 2.24) is 10.6 Å². The topological polar surface area (TPSA) is 45.6 Å². The van der Waals surface area contributed by atoms with E-state index in [1.165, 1.54) is 22.3 Å². The smallest absolute Gasteiger partial charge is 0.192 e. The first kappa shape index (κ1) is 14.1. The van der Waals surface area contributed by atoms with Crippen LogP contribution in [0.15, 0.2) is 47.5 Å². The number of rotatable bonds is 2. The van der Waals surface area contributed by atoms with Crippen LogP contribution in [0.2, 0.25) is 0 Å². The maximum atomic E-state index is 5.41. The van der Waals surface area contributed by atoms with Crippen LogP contribution in [0.3, 0.4) is 0 Å². The Kier molecular flexibility index (Phi) is 3.66. The zero-order valence-corrected chi connectivity index (χ0v) is 13.3. The number of nitrogens with zero attached hydrogens (tertiary/aromatic N) is 1. The number of fused-ring (bicyclic) bond motifs is 2. The SMILES string of the molecule is COc1ccc2c(c1)CCc1ccccc1C2NC1=NCCN1. The number of nitrogens with one attached hydrogen (secondary N) is 2. The van der Waals surface area contributed by atoms with Gasteiger partial charge in [-0.1, -0.05) is 30.3 Å². The molecular formula is C19H21N3O. The summed E-state index contributed by atoms with van der Waals surface area (Å²) >= 11 is 0. The molecule has 118 valence electrons. The van der Waals surface area contributed by atoms with Crippen molar-refractivity contribution in [1.29, 1.82) is 0 Å². The first-order valence-electron chi connectivity index (χ1n) is 8.14. The number of aliphatic imine (C=N–C) groups is 1. The van der Waals surface area contributed by atoms with E-state index in [1.54, 1.807) is 7.11 Å². The third-order valence-corrected chi connectivity index (χ3v) is 4.65. The van der Waals surface area contributed by atoms with Gasteiger partial charge < -0.3 is 15.4 Å². The molecule has 2 aromatic rings. The van der Waals surface area contributed by atoms with Gasteiger partial charge in [0.15, 0.2) is 5.96 Å². The number of hydrogen-bond donors (Lipinski definition) is 2. The molecule has 1 heterocycles. The van der Waals surface area contributed by atoms with Gasteiger partial charge in [-0.2, -0.15) is 0 Å². The monoisotopic (exact) mass is 307 g/mol. The second-order valence-corrected chi connectivity index (χ2v) is 6.00. The van der Waals surface area contributed by atoms with Crippen molar-refractivity contribution >= 4 is 5.96 Å². The Hall–Kier alpha value is -2.49. The van der Waals surface area contributed by atoms with Crippen LogP contribution >= 0.6 is 0 Å². The molecule has 4 rings (SSSR count). The van der Waals surface area contributed by atoms with Crippen LogP contribution in [0.5, 0.6) is 5.75 Å². The second-order valence-electron chi connectivity index (χ2n) is 6.00. The molecule has 4 heteroatoms. The molecule has 1 atom stereocenters. The van der Waals surface area contributed by atoms with Crippen molar-refractivity contribution in [2.45, 2.75) is 18.9 Å². The lowest BCUT2D eigenvalue weighted by molar-refractivity contribution is 0.414. The van der Waals surface area contributed by atoms with E-state index in [9.17, 15) is 0 Å². The van der Waals surface area contributed by atoms with Crippen LogP contribution in [0.25, 0.3) is 0 Å². The molecule has 0 aromatic heterocycles. The zero-order chi connectivity index (χ0) is 15.6. The van der Waals surface area contributed by atoms with Gasteiger partial charge in [-0.15, -0.1) is 0 Å². The molecule has 0 amide bonds. The number of hydrogen-bond acceptors (Lipinski definition) is 4. The van der Waals surface area contributed by atoms with Gasteiger partial charge in [-0.05, 0) is 47.2 Å². The number of ether oxygens (including phenoxy) is 1. The van der Waals surface area contributed by atoms with Crippen molar-refractivity contribution in [3.05, 3.63) is 64.7 Å². The van der Waals surface area contributed by atoms with E-state index in [4.69, 9.17) is 4.74 Å². The molecule has 0 saturated carbocycles. The second kappa shape index (κ2) is 5.95. The Labute approximate surface area is 136 Å². The van der Waals surface area contributed by atoms with E-state index < -0.39 is 0 Å². The standard InChI is InChI=1S/C19H21N3O/c1-23-15-8-9-17-14(12-15)7-6-13-4-2-3-5-16(13)18(17)22-19-20-10-11-21-19/h2-5,8-9,12,18H,6-7,10-11H2,1H3,(H2,20,21,22). The van der Waals surface area contributed by atoms with Crippen molar-refractivity contribution in [2.24, 2.45) is 4.99 Å². The van der Waals surface area contributed by atoms with E-state index in [-0.39, 0.29) is 6.04 Å². The summed E-state index contributed by atoms with van der Waals surface area (Å²) in [7, 11) is 1.72. The fourth-order valence-electron chi connectivity index (χ4n) is 3.47. The Morgan fingerprint density at radius 3 is 2.74 bits per heavy atom. The van der Waals surface area contributed by atoms with Gasteiger partial charge in [0.05, 0.1) is 19.7 Å². The molecule has 2 N–H and O–H groups in total. The predicted octanol–water partition coefficient (Wildman–Crippen LogP) is 2.43. The molecule has 0 radical (unpaired) electrons. The summed E-state index contributed by atoms with van der Waals surface area (Å²) < 4.78 is 5.41. The van der Waals surface area contributed by atoms with Gasteiger partial charge in [0.25, 0.3) is 0 Å². The predicted molar refractivity (Wildman–Crippen MR) is 92.1 cm³/mol. The van der Waals surface area contributed by atoms with Crippen LogP contribution in [0.1, 0.15) is 28.3 Å². The summed E-state index contributed by atoms with van der Waals surface area (Å²) in [6.45, 7) is 1.75. The lowest BCUT2D eigenvalue weighted by Crippen LogP contribution is -2.37. The van der Waals surface area contributed by atoms with Gasteiger partial charge >= 0.3 is 0 Å². The van der Waals surface area contributed by atoms with Crippen molar-refractivity contribution in [3.8, 4) is 5.75 Å². The summed E-state index contributed by atoms with van der Waals surface area (Å²) in [5, 5.41) is 6.93. The molecule has 1 aliphatic heterocycles. The van der Waals surface area contributed by atoms with E-state index in [1.807, 2.05) is 6.07 Å². The molecule has 0 bridgehead atoms. The summed E-state index contributed by atoms with van der Waals surface area (Å²) in [6, 6.07) is 15.2.